The zero-order valence-electron chi connectivity index (χ0n) is 27.7. The van der Waals surface area contributed by atoms with Gasteiger partial charge in [0.15, 0.2) is 6.61 Å². The Balaban J connectivity index is 1.19. The number of pyridine rings is 1. The highest BCUT2D eigenvalue weighted by molar-refractivity contribution is 5.99. The lowest BCUT2D eigenvalue weighted by Gasteiger charge is -2.35. The number of benzene rings is 1. The van der Waals surface area contributed by atoms with E-state index in [1.54, 1.807) is 17.0 Å². The summed E-state index contributed by atoms with van der Waals surface area (Å²) in [5, 5.41) is 21.6. The van der Waals surface area contributed by atoms with E-state index in [2.05, 4.69) is 25.8 Å². The number of likely N-dealkylation sites (tertiary alicyclic amines) is 1. The van der Waals surface area contributed by atoms with Gasteiger partial charge in [-0.05, 0) is 63.1 Å². The van der Waals surface area contributed by atoms with Gasteiger partial charge in [-0.25, -0.2) is 19.7 Å². The van der Waals surface area contributed by atoms with Crippen LogP contribution in [0.5, 0.6) is 5.75 Å². The fourth-order valence-electron chi connectivity index (χ4n) is 6.42. The van der Waals surface area contributed by atoms with Crippen molar-refractivity contribution < 1.29 is 38.2 Å². The molecule has 2 atom stereocenters. The van der Waals surface area contributed by atoms with Crippen molar-refractivity contribution in [3.8, 4) is 5.75 Å². The molecule has 0 spiro atoms. The summed E-state index contributed by atoms with van der Waals surface area (Å²) in [5.41, 5.74) is 1.24. The monoisotopic (exact) mass is 692 g/mol. The normalized spacial score (nSPS) is 18.4. The minimum atomic E-state index is -1.10. The Hall–Kier alpha value is -5.48. The van der Waals surface area contributed by atoms with Gasteiger partial charge in [-0.15, -0.1) is 5.10 Å². The smallest absolute Gasteiger partial charge is 0.434 e. The van der Waals surface area contributed by atoms with Gasteiger partial charge in [0.2, 0.25) is 17.7 Å². The lowest BCUT2D eigenvalue weighted by molar-refractivity contribution is -0.140. The summed E-state index contributed by atoms with van der Waals surface area (Å²) in [5.74, 6) is -2.10. The number of rotatable bonds is 11. The number of hydrogen-bond acceptors (Lipinski definition) is 10. The number of aryl methyl sites for hydroxylation is 2. The number of amides is 5. The van der Waals surface area contributed by atoms with Crippen molar-refractivity contribution in [1.82, 2.24) is 40.5 Å². The molecule has 2 saturated heterocycles. The lowest BCUT2D eigenvalue weighted by Crippen LogP contribution is -2.55. The van der Waals surface area contributed by atoms with E-state index in [0.717, 1.165) is 24.8 Å². The highest BCUT2D eigenvalue weighted by Crippen LogP contribution is 2.28. The molecule has 5 amide bonds. The summed E-state index contributed by atoms with van der Waals surface area (Å²) in [7, 11) is 0. The van der Waals surface area contributed by atoms with Crippen LogP contribution >= 0.6 is 0 Å². The minimum Gasteiger partial charge on any atom is -0.483 e. The molecule has 3 fully saturated rings. The largest absolute Gasteiger partial charge is 0.483 e. The van der Waals surface area contributed by atoms with Crippen molar-refractivity contribution >= 4 is 40.6 Å². The summed E-state index contributed by atoms with van der Waals surface area (Å²) in [6.45, 7) is 2.45. The van der Waals surface area contributed by atoms with Crippen molar-refractivity contribution in [1.29, 1.82) is 0 Å². The number of hydrogen-bond donors (Lipinski definition) is 4. The first kappa shape index (κ1) is 34.4. The van der Waals surface area contributed by atoms with Gasteiger partial charge in [0.1, 0.15) is 23.5 Å². The number of nitrogens with zero attached hydrogens (tertiary/aromatic N) is 5. The van der Waals surface area contributed by atoms with Crippen molar-refractivity contribution in [2.75, 3.05) is 39.3 Å². The molecule has 2 aliphatic heterocycles. The van der Waals surface area contributed by atoms with Crippen LogP contribution in [0.1, 0.15) is 60.5 Å². The van der Waals surface area contributed by atoms with Crippen LogP contribution in [0.4, 0.5) is 4.79 Å². The van der Waals surface area contributed by atoms with Crippen molar-refractivity contribution in [3.63, 3.8) is 0 Å². The molecule has 266 valence electrons. The standard InChI is InChI=1S/C33H40N8O9/c1-19-7-8-21-23(16-19)35-24(17-26(21)49-18-28(42)41-11-3-6-25(41)30(44)34-20-4-2-5-20)29(43)36-22(9-10-27-37-38-32(46)50-27)31(45)39-12-14-40(15-13-39)33(47)48/h7-8,16-17,20,22,25H,2-6,9-15,18H2,1H3,(H,34,44)(H,36,43)(H,38,46)(H,47,48)/t22-,25-/m0/s1. The van der Waals surface area contributed by atoms with E-state index in [4.69, 9.17) is 9.15 Å². The second-order valence-electron chi connectivity index (χ2n) is 12.9. The molecule has 0 unspecified atom stereocenters. The molecule has 2 aromatic heterocycles. The van der Waals surface area contributed by atoms with E-state index in [0.29, 0.717) is 30.3 Å². The molecule has 0 radical (unpaired) electrons. The molecule has 3 aliphatic rings. The first-order valence-corrected chi connectivity index (χ1v) is 16.8. The highest BCUT2D eigenvalue weighted by atomic mass is 16.5. The van der Waals surface area contributed by atoms with Gasteiger partial charge in [0.05, 0.1) is 5.52 Å². The molecule has 1 aromatic carbocycles. The third kappa shape index (κ3) is 7.87. The number of H-pyrrole nitrogens is 1. The molecule has 6 rings (SSSR count). The average Bonchev–Trinajstić information content (AvgIpc) is 3.75. The van der Waals surface area contributed by atoms with Gasteiger partial charge in [0, 0.05) is 56.6 Å². The van der Waals surface area contributed by atoms with Crippen LogP contribution in [0, 0.1) is 6.92 Å². The van der Waals surface area contributed by atoms with Gasteiger partial charge in [-0.2, -0.15) is 0 Å². The predicted molar refractivity (Wildman–Crippen MR) is 175 cm³/mol. The van der Waals surface area contributed by atoms with Crippen LogP contribution in [0.15, 0.2) is 33.5 Å². The van der Waals surface area contributed by atoms with E-state index in [1.807, 2.05) is 13.0 Å². The quantitative estimate of drug-likeness (QED) is 0.220. The maximum Gasteiger partial charge on any atom is 0.434 e. The number of piperazine rings is 1. The molecule has 4 N–H and O–H groups in total. The maximum absolute atomic E-state index is 13.8. The van der Waals surface area contributed by atoms with Crippen LogP contribution < -0.4 is 21.1 Å². The third-order valence-electron chi connectivity index (χ3n) is 9.43. The summed E-state index contributed by atoms with van der Waals surface area (Å²) in [6.07, 6.45) is 3.24. The van der Waals surface area contributed by atoms with Crippen molar-refractivity contribution in [2.45, 2.75) is 70.0 Å². The van der Waals surface area contributed by atoms with Crippen molar-refractivity contribution in [3.05, 3.63) is 52.0 Å². The Morgan fingerprint density at radius 1 is 1.04 bits per heavy atom. The molecule has 1 aliphatic carbocycles. The van der Waals surface area contributed by atoms with E-state index >= 15 is 0 Å². The molecular formula is C33H40N8O9. The minimum absolute atomic E-state index is 0.0212. The second kappa shape index (κ2) is 15.0. The Morgan fingerprint density at radius 3 is 2.48 bits per heavy atom. The average molecular weight is 693 g/mol. The van der Waals surface area contributed by atoms with Crippen LogP contribution in [0.2, 0.25) is 0 Å². The Bertz CT molecular complexity index is 1830. The van der Waals surface area contributed by atoms with Crippen LogP contribution in [-0.4, -0.2) is 122 Å². The highest BCUT2D eigenvalue weighted by Gasteiger charge is 2.36. The second-order valence-corrected chi connectivity index (χ2v) is 12.9. The van der Waals surface area contributed by atoms with Gasteiger partial charge < -0.3 is 39.6 Å². The fraction of sp³-hybridized carbons (Fsp3) is 0.515. The molecule has 50 heavy (non-hydrogen) atoms. The summed E-state index contributed by atoms with van der Waals surface area (Å²) in [4.78, 5) is 85.2. The molecule has 4 heterocycles. The number of nitrogens with one attached hydrogen (secondary N) is 3. The number of carbonyl (C=O) groups excluding carboxylic acids is 4. The van der Waals surface area contributed by atoms with Crippen LogP contribution in [0.25, 0.3) is 10.9 Å². The van der Waals surface area contributed by atoms with Crippen LogP contribution in [0.3, 0.4) is 0 Å². The summed E-state index contributed by atoms with van der Waals surface area (Å²) < 4.78 is 11.0. The van der Waals surface area contributed by atoms with Gasteiger partial charge in [-0.3, -0.25) is 19.2 Å². The fourth-order valence-corrected chi connectivity index (χ4v) is 6.42. The van der Waals surface area contributed by atoms with E-state index in [9.17, 15) is 33.9 Å². The number of fused-ring (bicyclic) bond motifs is 1. The Morgan fingerprint density at radius 2 is 1.80 bits per heavy atom. The zero-order chi connectivity index (χ0) is 35.4. The molecule has 3 aromatic rings. The Labute approximate surface area is 286 Å². The number of aromatic amines is 1. The lowest BCUT2D eigenvalue weighted by atomic mass is 9.93. The molecule has 17 heteroatoms. The SMILES string of the molecule is Cc1ccc2c(OCC(=O)N3CCC[C@H]3C(=O)NC3CCC3)cc(C(=O)N[C@@H](CCc3n[nH]c(=O)o3)C(=O)N3CCN(C(=O)O)CC3)nc2c1. The predicted octanol–water partition coefficient (Wildman–Crippen LogP) is 0.811. The van der Waals surface area contributed by atoms with Gasteiger partial charge in [0.25, 0.3) is 11.8 Å². The molecule has 17 nitrogen and oxygen atoms in total. The number of aromatic nitrogens is 3. The first-order chi connectivity index (χ1) is 24.0. The van der Waals surface area contributed by atoms with E-state index in [-0.39, 0.29) is 80.8 Å². The molecule has 0 bridgehead atoms. The Kier molecular flexibility index (Phi) is 10.3. The third-order valence-corrected chi connectivity index (χ3v) is 9.43. The first-order valence-electron chi connectivity index (χ1n) is 16.8. The number of carbonyl (C=O) groups is 5. The van der Waals surface area contributed by atoms with Crippen LogP contribution in [-0.2, 0) is 20.8 Å². The molecular weight excluding hydrogens is 652 g/mol. The van der Waals surface area contributed by atoms with E-state index in [1.165, 1.54) is 15.9 Å². The summed E-state index contributed by atoms with van der Waals surface area (Å²) >= 11 is 0. The number of ether oxygens (including phenoxy) is 1. The zero-order valence-corrected chi connectivity index (χ0v) is 27.7. The van der Waals surface area contributed by atoms with Gasteiger partial charge >= 0.3 is 11.8 Å². The topological polar surface area (TPSA) is 220 Å². The van der Waals surface area contributed by atoms with E-state index < -0.39 is 35.7 Å². The van der Waals surface area contributed by atoms with Gasteiger partial charge in [-0.1, -0.05) is 6.07 Å². The molecule has 1 saturated carbocycles. The number of carboxylic acid groups (broad SMARTS) is 1. The maximum atomic E-state index is 13.8. The summed E-state index contributed by atoms with van der Waals surface area (Å²) in [6, 6.07) is 5.32. The van der Waals surface area contributed by atoms with Crippen molar-refractivity contribution in [2.24, 2.45) is 0 Å².